The molecule has 3 atom stereocenters. The third kappa shape index (κ3) is 2.54. The minimum absolute atomic E-state index is 0.166. The van der Waals surface area contributed by atoms with Crippen LogP contribution in [0.2, 0.25) is 0 Å². The van der Waals surface area contributed by atoms with Gasteiger partial charge in [0, 0.05) is 6.04 Å². The maximum atomic E-state index is 13.0. The molecule has 2 aliphatic rings. The van der Waals surface area contributed by atoms with E-state index in [4.69, 9.17) is 0 Å². The monoisotopic (exact) mass is 323 g/mol. The van der Waals surface area contributed by atoms with Crippen molar-refractivity contribution >= 4 is 16.0 Å². The minimum Gasteiger partial charge on any atom is -0.480 e. The zero-order valence-electron chi connectivity index (χ0n) is 12.6. The first kappa shape index (κ1) is 15.5. The van der Waals surface area contributed by atoms with Crippen molar-refractivity contribution in [3.63, 3.8) is 0 Å². The SMILES string of the molecule is Cc1ccc(S(=O)(=O)N2C(C(=O)O)CC3CCCCC32)cc1. The van der Waals surface area contributed by atoms with Gasteiger partial charge < -0.3 is 5.11 Å². The molecule has 1 saturated carbocycles. The van der Waals surface area contributed by atoms with Gasteiger partial charge in [-0.1, -0.05) is 30.5 Å². The van der Waals surface area contributed by atoms with E-state index in [2.05, 4.69) is 0 Å². The summed E-state index contributed by atoms with van der Waals surface area (Å²) < 4.78 is 27.2. The molecule has 0 spiro atoms. The quantitative estimate of drug-likeness (QED) is 0.927. The number of rotatable bonds is 3. The number of carboxylic acids is 1. The summed E-state index contributed by atoms with van der Waals surface area (Å²) in [7, 11) is -3.77. The highest BCUT2D eigenvalue weighted by atomic mass is 32.2. The molecule has 1 heterocycles. The van der Waals surface area contributed by atoms with E-state index in [9.17, 15) is 18.3 Å². The fraction of sp³-hybridized carbons (Fsp3) is 0.562. The number of hydrogen-bond donors (Lipinski definition) is 1. The van der Waals surface area contributed by atoms with Crippen LogP contribution in [0.5, 0.6) is 0 Å². The van der Waals surface area contributed by atoms with Crippen molar-refractivity contribution in [2.45, 2.75) is 56.0 Å². The Labute approximate surface area is 131 Å². The summed E-state index contributed by atoms with van der Waals surface area (Å²) in [6.45, 7) is 1.89. The minimum atomic E-state index is -3.77. The van der Waals surface area contributed by atoms with Gasteiger partial charge in [0.05, 0.1) is 4.90 Å². The van der Waals surface area contributed by atoms with Crippen LogP contribution in [-0.2, 0) is 14.8 Å². The molecule has 3 unspecified atom stereocenters. The Kier molecular flexibility index (Phi) is 3.99. The van der Waals surface area contributed by atoms with Crippen LogP contribution in [0.25, 0.3) is 0 Å². The molecule has 1 aromatic carbocycles. The summed E-state index contributed by atoms with van der Waals surface area (Å²) in [6.07, 6.45) is 4.15. The average Bonchev–Trinajstić information content (AvgIpc) is 2.88. The smallest absolute Gasteiger partial charge is 0.322 e. The van der Waals surface area contributed by atoms with Crippen LogP contribution >= 0.6 is 0 Å². The number of carbonyl (C=O) groups is 1. The lowest BCUT2D eigenvalue weighted by Gasteiger charge is -2.32. The van der Waals surface area contributed by atoms with Crippen molar-refractivity contribution in [2.24, 2.45) is 5.92 Å². The Morgan fingerprint density at radius 3 is 2.45 bits per heavy atom. The molecule has 1 saturated heterocycles. The van der Waals surface area contributed by atoms with E-state index in [-0.39, 0.29) is 16.9 Å². The van der Waals surface area contributed by atoms with Crippen LogP contribution in [0.4, 0.5) is 0 Å². The lowest BCUT2D eigenvalue weighted by molar-refractivity contribution is -0.141. The summed E-state index contributed by atoms with van der Waals surface area (Å²) in [5.41, 5.74) is 0.977. The molecule has 0 aromatic heterocycles. The van der Waals surface area contributed by atoms with Gasteiger partial charge in [-0.3, -0.25) is 4.79 Å². The molecule has 1 aliphatic carbocycles. The number of nitrogens with zero attached hydrogens (tertiary/aromatic N) is 1. The summed E-state index contributed by atoms with van der Waals surface area (Å²) in [4.78, 5) is 11.8. The van der Waals surface area contributed by atoms with Gasteiger partial charge in [0.15, 0.2) is 0 Å². The van der Waals surface area contributed by atoms with Gasteiger partial charge in [-0.2, -0.15) is 4.31 Å². The van der Waals surface area contributed by atoms with Gasteiger partial charge >= 0.3 is 5.97 Å². The van der Waals surface area contributed by atoms with E-state index in [1.165, 1.54) is 4.31 Å². The molecule has 0 radical (unpaired) electrons. The molecule has 1 N–H and O–H groups in total. The van der Waals surface area contributed by atoms with Crippen LogP contribution in [-0.4, -0.2) is 35.9 Å². The zero-order valence-corrected chi connectivity index (χ0v) is 13.4. The van der Waals surface area contributed by atoms with E-state index in [1.54, 1.807) is 24.3 Å². The molecule has 0 amide bonds. The topological polar surface area (TPSA) is 74.7 Å². The second-order valence-electron chi connectivity index (χ2n) is 6.35. The number of sulfonamides is 1. The highest BCUT2D eigenvalue weighted by molar-refractivity contribution is 7.89. The van der Waals surface area contributed by atoms with Crippen molar-refractivity contribution in [2.75, 3.05) is 0 Å². The Morgan fingerprint density at radius 2 is 1.82 bits per heavy atom. The first-order valence-corrected chi connectivity index (χ1v) is 9.18. The second-order valence-corrected chi connectivity index (χ2v) is 8.19. The number of aryl methyl sites for hydroxylation is 1. The molecular formula is C16H21NO4S. The molecule has 6 heteroatoms. The van der Waals surface area contributed by atoms with Gasteiger partial charge in [0.1, 0.15) is 6.04 Å². The Bertz CT molecular complexity index is 668. The summed E-state index contributed by atoms with van der Waals surface area (Å²) >= 11 is 0. The first-order chi connectivity index (χ1) is 10.4. The Hall–Kier alpha value is -1.40. The van der Waals surface area contributed by atoms with Crippen molar-refractivity contribution in [1.82, 2.24) is 4.31 Å². The molecule has 0 bridgehead atoms. The van der Waals surface area contributed by atoms with E-state index in [1.807, 2.05) is 6.92 Å². The Balaban J connectivity index is 2.01. The van der Waals surface area contributed by atoms with Crippen LogP contribution in [0.1, 0.15) is 37.7 Å². The predicted molar refractivity (Wildman–Crippen MR) is 82.0 cm³/mol. The maximum Gasteiger partial charge on any atom is 0.322 e. The van der Waals surface area contributed by atoms with Crippen molar-refractivity contribution in [1.29, 1.82) is 0 Å². The van der Waals surface area contributed by atoms with E-state index < -0.39 is 22.0 Å². The van der Waals surface area contributed by atoms with Gasteiger partial charge in [-0.05, 0) is 44.2 Å². The number of aliphatic carboxylic acids is 1. The van der Waals surface area contributed by atoms with E-state index >= 15 is 0 Å². The number of hydrogen-bond acceptors (Lipinski definition) is 3. The molecular weight excluding hydrogens is 302 g/mol. The zero-order chi connectivity index (χ0) is 15.9. The molecule has 5 nitrogen and oxygen atoms in total. The fourth-order valence-corrected chi connectivity index (χ4v) is 5.68. The highest BCUT2D eigenvalue weighted by Gasteiger charge is 2.51. The lowest BCUT2D eigenvalue weighted by atomic mass is 9.85. The molecule has 1 aliphatic heterocycles. The summed E-state index contributed by atoms with van der Waals surface area (Å²) in [5.74, 6) is -0.861. The van der Waals surface area contributed by atoms with E-state index in [0.717, 1.165) is 31.2 Å². The third-order valence-electron chi connectivity index (χ3n) is 4.91. The number of carboxylic acid groups (broad SMARTS) is 1. The molecule has 22 heavy (non-hydrogen) atoms. The highest BCUT2D eigenvalue weighted by Crippen LogP contribution is 2.42. The molecule has 120 valence electrons. The van der Waals surface area contributed by atoms with Gasteiger partial charge in [0.25, 0.3) is 0 Å². The Morgan fingerprint density at radius 1 is 1.18 bits per heavy atom. The van der Waals surface area contributed by atoms with Gasteiger partial charge in [0.2, 0.25) is 10.0 Å². The van der Waals surface area contributed by atoms with Gasteiger partial charge in [-0.15, -0.1) is 0 Å². The van der Waals surface area contributed by atoms with E-state index in [0.29, 0.717) is 6.42 Å². The first-order valence-electron chi connectivity index (χ1n) is 7.74. The standard InChI is InChI=1S/C16H21NO4S/c1-11-6-8-13(9-7-11)22(20,21)17-14-5-3-2-4-12(14)10-15(17)16(18)19/h6-9,12,14-15H,2-5,10H2,1H3,(H,18,19). The third-order valence-corrected chi connectivity index (χ3v) is 6.86. The van der Waals surface area contributed by atoms with Crippen LogP contribution in [0.3, 0.4) is 0 Å². The van der Waals surface area contributed by atoms with Crippen molar-refractivity contribution in [3.8, 4) is 0 Å². The number of fused-ring (bicyclic) bond motifs is 1. The summed E-state index contributed by atoms with van der Waals surface area (Å²) in [6, 6.07) is 5.54. The molecule has 3 rings (SSSR count). The summed E-state index contributed by atoms with van der Waals surface area (Å²) in [5, 5.41) is 9.48. The van der Waals surface area contributed by atoms with Gasteiger partial charge in [-0.25, -0.2) is 8.42 Å². The predicted octanol–water partition coefficient (Wildman–Crippen LogP) is 2.40. The second kappa shape index (κ2) is 5.66. The van der Waals surface area contributed by atoms with Crippen LogP contribution < -0.4 is 0 Å². The number of benzene rings is 1. The largest absolute Gasteiger partial charge is 0.480 e. The van der Waals surface area contributed by atoms with Crippen LogP contribution in [0, 0.1) is 12.8 Å². The normalized spacial score (nSPS) is 29.2. The lowest BCUT2D eigenvalue weighted by Crippen LogP contribution is -2.46. The fourth-order valence-electron chi connectivity index (χ4n) is 3.81. The van der Waals surface area contributed by atoms with Crippen molar-refractivity contribution < 1.29 is 18.3 Å². The van der Waals surface area contributed by atoms with Crippen LogP contribution in [0.15, 0.2) is 29.2 Å². The van der Waals surface area contributed by atoms with Crippen molar-refractivity contribution in [3.05, 3.63) is 29.8 Å². The maximum absolute atomic E-state index is 13.0. The average molecular weight is 323 g/mol. The molecule has 1 aromatic rings. The molecule has 2 fully saturated rings.